The van der Waals surface area contributed by atoms with Crippen LogP contribution in [0, 0.1) is 13.8 Å². The second kappa shape index (κ2) is 5.73. The maximum absolute atomic E-state index is 12.2. The Morgan fingerprint density at radius 3 is 2.64 bits per heavy atom. The lowest BCUT2D eigenvalue weighted by Crippen LogP contribution is -2.13. The van der Waals surface area contributed by atoms with Crippen LogP contribution in [0.4, 0.5) is 5.82 Å². The van der Waals surface area contributed by atoms with E-state index in [1.807, 2.05) is 26.0 Å². The molecule has 0 fully saturated rings. The Balaban J connectivity index is 1.94. The Morgan fingerprint density at radius 2 is 1.86 bits per heavy atom. The normalized spacial score (nSPS) is 10.7. The number of aromatic nitrogens is 2. The Kier molecular flexibility index (Phi) is 3.77. The summed E-state index contributed by atoms with van der Waals surface area (Å²) in [5.41, 5.74) is 3.04. The Labute approximate surface area is 133 Å². The zero-order valence-electron chi connectivity index (χ0n) is 12.2. The van der Waals surface area contributed by atoms with Crippen LogP contribution in [0.15, 0.2) is 42.5 Å². The van der Waals surface area contributed by atoms with E-state index >= 15 is 0 Å². The molecule has 0 radical (unpaired) electrons. The van der Waals surface area contributed by atoms with Gasteiger partial charge in [-0.15, -0.1) is 0 Å². The summed E-state index contributed by atoms with van der Waals surface area (Å²) in [6, 6.07) is 12.6. The van der Waals surface area contributed by atoms with Gasteiger partial charge >= 0.3 is 0 Å². The lowest BCUT2D eigenvalue weighted by Gasteiger charge is -2.08. The Hall–Kier alpha value is -2.46. The van der Waals surface area contributed by atoms with Gasteiger partial charge in [0.1, 0.15) is 5.82 Å². The number of benzene rings is 1. The van der Waals surface area contributed by atoms with E-state index in [1.165, 1.54) is 0 Å². The van der Waals surface area contributed by atoms with Crippen LogP contribution in [0.2, 0.25) is 5.02 Å². The minimum atomic E-state index is -0.290. The van der Waals surface area contributed by atoms with Crippen molar-refractivity contribution in [1.29, 1.82) is 0 Å². The summed E-state index contributed by atoms with van der Waals surface area (Å²) >= 11 is 6.03. The molecule has 3 rings (SSSR count). The van der Waals surface area contributed by atoms with Crippen molar-refractivity contribution in [3.05, 3.63) is 64.3 Å². The van der Waals surface area contributed by atoms with Crippen LogP contribution in [0.25, 0.3) is 11.0 Å². The number of carbonyl (C=O) groups is 1. The average Bonchev–Trinajstić information content (AvgIpc) is 2.47. The minimum absolute atomic E-state index is 0.290. The number of hydrogen-bond donors (Lipinski definition) is 1. The molecular weight excluding hydrogens is 298 g/mol. The van der Waals surface area contributed by atoms with E-state index < -0.39 is 0 Å². The van der Waals surface area contributed by atoms with Gasteiger partial charge in [0.2, 0.25) is 0 Å². The molecule has 0 aliphatic heterocycles. The van der Waals surface area contributed by atoms with Gasteiger partial charge in [-0.25, -0.2) is 9.97 Å². The van der Waals surface area contributed by atoms with Crippen LogP contribution in [-0.2, 0) is 0 Å². The van der Waals surface area contributed by atoms with E-state index in [0.29, 0.717) is 22.1 Å². The van der Waals surface area contributed by atoms with Gasteiger partial charge in [0.05, 0.1) is 10.6 Å². The van der Waals surface area contributed by atoms with E-state index in [-0.39, 0.29) is 5.91 Å². The first kappa shape index (κ1) is 14.5. The van der Waals surface area contributed by atoms with Gasteiger partial charge in [0, 0.05) is 11.1 Å². The predicted octanol–water partition coefficient (Wildman–Crippen LogP) is 4.15. The van der Waals surface area contributed by atoms with Crippen LogP contribution < -0.4 is 5.32 Å². The number of hydrogen-bond acceptors (Lipinski definition) is 3. The van der Waals surface area contributed by atoms with Crippen molar-refractivity contribution < 1.29 is 4.79 Å². The molecule has 1 N–H and O–H groups in total. The zero-order chi connectivity index (χ0) is 15.7. The number of anilines is 1. The molecular formula is C17H14ClN3O. The fourth-order valence-electron chi connectivity index (χ4n) is 2.33. The van der Waals surface area contributed by atoms with Gasteiger partial charge < -0.3 is 5.32 Å². The van der Waals surface area contributed by atoms with Crippen LogP contribution in [0.1, 0.15) is 21.6 Å². The van der Waals surface area contributed by atoms with Crippen molar-refractivity contribution in [1.82, 2.24) is 9.97 Å². The summed E-state index contributed by atoms with van der Waals surface area (Å²) in [6.45, 7) is 3.93. The average molecular weight is 312 g/mol. The van der Waals surface area contributed by atoms with Gasteiger partial charge in [0.15, 0.2) is 5.65 Å². The molecule has 0 saturated carbocycles. The number of nitrogens with one attached hydrogen (secondary N) is 1. The molecule has 5 heteroatoms. The largest absolute Gasteiger partial charge is 0.306 e. The number of fused-ring (bicyclic) bond motifs is 1. The molecule has 1 aromatic carbocycles. The minimum Gasteiger partial charge on any atom is -0.306 e. The molecule has 3 aromatic rings. The lowest BCUT2D eigenvalue weighted by molar-refractivity contribution is 0.102. The van der Waals surface area contributed by atoms with Crippen molar-refractivity contribution in [3.8, 4) is 0 Å². The van der Waals surface area contributed by atoms with Crippen LogP contribution in [0.5, 0.6) is 0 Å². The van der Waals surface area contributed by atoms with E-state index in [9.17, 15) is 4.79 Å². The van der Waals surface area contributed by atoms with Crippen LogP contribution in [-0.4, -0.2) is 15.9 Å². The second-order valence-corrected chi connectivity index (χ2v) is 5.49. The van der Waals surface area contributed by atoms with Gasteiger partial charge in [-0.1, -0.05) is 23.7 Å². The number of aryl methyl sites for hydroxylation is 2. The van der Waals surface area contributed by atoms with Crippen LogP contribution in [0.3, 0.4) is 0 Å². The molecule has 4 nitrogen and oxygen atoms in total. The summed E-state index contributed by atoms with van der Waals surface area (Å²) in [7, 11) is 0. The zero-order valence-corrected chi connectivity index (χ0v) is 13.0. The van der Waals surface area contributed by atoms with Crippen molar-refractivity contribution in [3.63, 3.8) is 0 Å². The molecule has 2 aromatic heterocycles. The predicted molar refractivity (Wildman–Crippen MR) is 88.4 cm³/mol. The molecule has 0 spiro atoms. The molecule has 110 valence electrons. The summed E-state index contributed by atoms with van der Waals surface area (Å²) < 4.78 is 0. The first-order chi connectivity index (χ1) is 10.5. The number of rotatable bonds is 2. The number of nitrogens with zero attached hydrogens (tertiary/aromatic N) is 2. The summed E-state index contributed by atoms with van der Waals surface area (Å²) in [4.78, 5) is 21.1. The standard InChI is InChI=1S/C17H14ClN3O/c1-10-9-11(2)19-16-12(10)7-8-15(20-16)21-17(22)13-5-3-4-6-14(13)18/h3-9H,1-2H3,(H,19,20,21,22). The molecule has 0 atom stereocenters. The lowest BCUT2D eigenvalue weighted by atomic mass is 10.1. The van der Waals surface area contributed by atoms with Crippen LogP contribution >= 0.6 is 11.6 Å². The van der Waals surface area contributed by atoms with E-state index in [1.54, 1.807) is 30.3 Å². The van der Waals surface area contributed by atoms with Crippen molar-refractivity contribution in [2.75, 3.05) is 5.32 Å². The van der Waals surface area contributed by atoms with Gasteiger partial charge in [-0.05, 0) is 49.7 Å². The first-order valence-corrected chi connectivity index (χ1v) is 7.23. The fourth-order valence-corrected chi connectivity index (χ4v) is 2.55. The summed E-state index contributed by atoms with van der Waals surface area (Å²) in [5.74, 6) is 0.164. The highest BCUT2D eigenvalue weighted by atomic mass is 35.5. The smallest absolute Gasteiger partial charge is 0.258 e. The second-order valence-electron chi connectivity index (χ2n) is 5.08. The van der Waals surface area contributed by atoms with Gasteiger partial charge in [-0.3, -0.25) is 4.79 Å². The van der Waals surface area contributed by atoms with E-state index in [4.69, 9.17) is 11.6 Å². The summed E-state index contributed by atoms with van der Waals surface area (Å²) in [5, 5.41) is 4.14. The highest BCUT2D eigenvalue weighted by Crippen LogP contribution is 2.20. The van der Waals surface area contributed by atoms with Gasteiger partial charge in [-0.2, -0.15) is 0 Å². The third kappa shape index (κ3) is 2.78. The summed E-state index contributed by atoms with van der Waals surface area (Å²) in [6.07, 6.45) is 0. The van der Waals surface area contributed by atoms with E-state index in [2.05, 4.69) is 15.3 Å². The number of pyridine rings is 2. The van der Waals surface area contributed by atoms with Crippen molar-refractivity contribution in [2.45, 2.75) is 13.8 Å². The maximum Gasteiger partial charge on any atom is 0.258 e. The number of carbonyl (C=O) groups excluding carboxylic acids is 1. The third-order valence-corrected chi connectivity index (χ3v) is 3.70. The first-order valence-electron chi connectivity index (χ1n) is 6.85. The molecule has 0 aliphatic carbocycles. The SMILES string of the molecule is Cc1cc(C)c2ccc(NC(=O)c3ccccc3Cl)nc2n1. The molecule has 0 saturated heterocycles. The highest BCUT2D eigenvalue weighted by Gasteiger charge is 2.11. The van der Waals surface area contributed by atoms with Crippen molar-refractivity contribution in [2.24, 2.45) is 0 Å². The monoisotopic (exact) mass is 311 g/mol. The fraction of sp³-hybridized carbons (Fsp3) is 0.118. The number of amides is 1. The molecule has 0 aliphatic rings. The Morgan fingerprint density at radius 1 is 1.09 bits per heavy atom. The number of halogens is 1. The quantitative estimate of drug-likeness (QED) is 0.773. The van der Waals surface area contributed by atoms with Crippen molar-refractivity contribution >= 4 is 34.4 Å². The molecule has 2 heterocycles. The highest BCUT2D eigenvalue weighted by molar-refractivity contribution is 6.34. The van der Waals surface area contributed by atoms with Gasteiger partial charge in [0.25, 0.3) is 5.91 Å². The topological polar surface area (TPSA) is 54.9 Å². The van der Waals surface area contributed by atoms with E-state index in [0.717, 1.165) is 16.6 Å². The molecule has 0 unspecified atom stereocenters. The molecule has 22 heavy (non-hydrogen) atoms. The molecule has 1 amide bonds. The Bertz CT molecular complexity index is 877. The maximum atomic E-state index is 12.2. The third-order valence-electron chi connectivity index (χ3n) is 3.37. The molecule has 0 bridgehead atoms.